The van der Waals surface area contributed by atoms with Crippen molar-refractivity contribution in [1.29, 1.82) is 0 Å². The fraction of sp³-hybridized carbons (Fsp3) is 0.357. The first kappa shape index (κ1) is 13.7. The van der Waals surface area contributed by atoms with E-state index in [-0.39, 0.29) is 0 Å². The van der Waals surface area contributed by atoms with E-state index in [4.69, 9.17) is 10.5 Å². The highest BCUT2D eigenvalue weighted by Crippen LogP contribution is 2.21. The van der Waals surface area contributed by atoms with Crippen LogP contribution in [0.15, 0.2) is 29.0 Å². The van der Waals surface area contributed by atoms with Gasteiger partial charge >= 0.3 is 0 Å². The van der Waals surface area contributed by atoms with Crippen LogP contribution in [0.5, 0.6) is 5.88 Å². The number of nitrogen functional groups attached to an aromatic ring is 1. The minimum atomic E-state index is 0.306. The van der Waals surface area contributed by atoms with Crippen LogP contribution in [0.3, 0.4) is 0 Å². The van der Waals surface area contributed by atoms with E-state index in [0.717, 1.165) is 12.2 Å². The Bertz CT molecular complexity index is 513. The minimum Gasteiger partial charge on any atom is -0.476 e. The lowest BCUT2D eigenvalue weighted by atomic mass is 10.1. The maximum absolute atomic E-state index is 5.80. The van der Waals surface area contributed by atoms with Gasteiger partial charge in [-0.25, -0.2) is 0 Å². The number of pyridine rings is 1. The molecule has 102 valence electrons. The van der Waals surface area contributed by atoms with E-state index in [0.29, 0.717) is 24.2 Å². The third-order valence-corrected chi connectivity index (χ3v) is 3.42. The molecular weight excluding hydrogens is 258 g/mol. The Morgan fingerprint density at radius 1 is 1.42 bits per heavy atom. The van der Waals surface area contributed by atoms with Gasteiger partial charge < -0.3 is 15.8 Å². The van der Waals surface area contributed by atoms with E-state index >= 15 is 0 Å². The second kappa shape index (κ2) is 6.43. The topological polar surface area (TPSA) is 60.2 Å². The second-order valence-corrected chi connectivity index (χ2v) is 5.19. The van der Waals surface area contributed by atoms with E-state index in [1.807, 2.05) is 19.1 Å². The summed E-state index contributed by atoms with van der Waals surface area (Å²) in [5.74, 6) is 1.29. The summed E-state index contributed by atoms with van der Waals surface area (Å²) in [7, 11) is 0. The van der Waals surface area contributed by atoms with Gasteiger partial charge in [0.05, 0.1) is 12.3 Å². The molecular formula is C14H19N3OS. The van der Waals surface area contributed by atoms with Gasteiger partial charge in [0.2, 0.25) is 5.88 Å². The predicted octanol–water partition coefficient (Wildman–Crippen LogP) is 3.17. The Morgan fingerprint density at radius 3 is 2.95 bits per heavy atom. The van der Waals surface area contributed by atoms with Crippen LogP contribution in [0.2, 0.25) is 0 Å². The molecule has 0 aromatic carbocycles. The molecule has 2 rings (SSSR count). The minimum absolute atomic E-state index is 0.306. The number of nitrogens with one attached hydrogen (secondary N) is 1. The van der Waals surface area contributed by atoms with E-state index in [2.05, 4.69) is 34.1 Å². The van der Waals surface area contributed by atoms with E-state index in [1.165, 1.54) is 5.56 Å². The van der Waals surface area contributed by atoms with Gasteiger partial charge in [-0.3, -0.25) is 0 Å². The van der Waals surface area contributed by atoms with Gasteiger partial charge in [-0.05, 0) is 54.8 Å². The molecule has 0 radical (unpaired) electrons. The van der Waals surface area contributed by atoms with Gasteiger partial charge in [-0.2, -0.15) is 16.3 Å². The lowest BCUT2D eigenvalue weighted by Gasteiger charge is -2.15. The van der Waals surface area contributed by atoms with Crippen molar-refractivity contribution in [2.24, 2.45) is 0 Å². The van der Waals surface area contributed by atoms with Gasteiger partial charge in [0.15, 0.2) is 0 Å². The number of nitrogens with two attached hydrogens (primary N) is 1. The standard InChI is InChI=1S/C14H19N3OS/c1-3-18-14-12(15)4-5-13(17-14)16-10(2)8-11-6-7-19-9-11/h4-7,9-10H,3,8,15H2,1-2H3,(H,16,17). The largest absolute Gasteiger partial charge is 0.476 e. The summed E-state index contributed by atoms with van der Waals surface area (Å²) in [5.41, 5.74) is 7.71. The van der Waals surface area contributed by atoms with Gasteiger partial charge in [0.25, 0.3) is 0 Å². The lowest BCUT2D eigenvalue weighted by Crippen LogP contribution is -2.18. The molecule has 2 aromatic rings. The Hall–Kier alpha value is -1.75. The molecule has 0 fully saturated rings. The highest BCUT2D eigenvalue weighted by Gasteiger charge is 2.08. The summed E-state index contributed by atoms with van der Waals surface area (Å²) in [4.78, 5) is 4.38. The van der Waals surface area contributed by atoms with Crippen molar-refractivity contribution in [2.75, 3.05) is 17.7 Å². The smallest absolute Gasteiger partial charge is 0.239 e. The van der Waals surface area contributed by atoms with Crippen LogP contribution in [-0.2, 0) is 6.42 Å². The zero-order chi connectivity index (χ0) is 13.7. The summed E-state index contributed by atoms with van der Waals surface area (Å²) < 4.78 is 5.39. The number of aromatic nitrogens is 1. The molecule has 3 N–H and O–H groups in total. The van der Waals surface area contributed by atoms with Gasteiger partial charge in [-0.1, -0.05) is 0 Å². The first-order valence-electron chi connectivity index (χ1n) is 6.36. The van der Waals surface area contributed by atoms with Crippen LogP contribution in [0, 0.1) is 0 Å². The molecule has 4 nitrogen and oxygen atoms in total. The molecule has 0 amide bonds. The van der Waals surface area contributed by atoms with Crippen LogP contribution in [0.25, 0.3) is 0 Å². The molecule has 1 atom stereocenters. The zero-order valence-electron chi connectivity index (χ0n) is 11.2. The normalized spacial score (nSPS) is 12.1. The van der Waals surface area contributed by atoms with Crippen molar-refractivity contribution >= 4 is 22.8 Å². The molecule has 0 spiro atoms. The third-order valence-electron chi connectivity index (χ3n) is 2.69. The summed E-state index contributed by atoms with van der Waals surface area (Å²) in [6, 6.07) is 6.14. The van der Waals surface area contributed by atoms with Crippen LogP contribution in [-0.4, -0.2) is 17.6 Å². The maximum Gasteiger partial charge on any atom is 0.239 e. The molecule has 1 unspecified atom stereocenters. The summed E-state index contributed by atoms with van der Waals surface area (Å²) in [6.45, 7) is 4.61. The van der Waals surface area contributed by atoms with Crippen LogP contribution in [0.4, 0.5) is 11.5 Å². The van der Waals surface area contributed by atoms with E-state index < -0.39 is 0 Å². The first-order chi connectivity index (χ1) is 9.19. The second-order valence-electron chi connectivity index (χ2n) is 4.40. The fourth-order valence-electron chi connectivity index (χ4n) is 1.85. The van der Waals surface area contributed by atoms with Crippen molar-refractivity contribution in [3.05, 3.63) is 34.5 Å². The van der Waals surface area contributed by atoms with E-state index in [9.17, 15) is 0 Å². The lowest BCUT2D eigenvalue weighted by molar-refractivity contribution is 0.329. The van der Waals surface area contributed by atoms with E-state index in [1.54, 1.807) is 11.3 Å². The number of rotatable bonds is 6. The highest BCUT2D eigenvalue weighted by molar-refractivity contribution is 7.07. The molecule has 0 saturated carbocycles. The first-order valence-corrected chi connectivity index (χ1v) is 7.30. The SMILES string of the molecule is CCOc1nc(NC(C)Cc2ccsc2)ccc1N. The molecule has 0 aliphatic rings. The average molecular weight is 277 g/mol. The van der Waals surface area contributed by atoms with Crippen molar-refractivity contribution in [1.82, 2.24) is 4.98 Å². The molecule has 0 aliphatic heterocycles. The average Bonchev–Trinajstić information content (AvgIpc) is 2.86. The summed E-state index contributed by atoms with van der Waals surface area (Å²) >= 11 is 1.72. The molecule has 2 heterocycles. The van der Waals surface area contributed by atoms with Gasteiger partial charge in [0, 0.05) is 6.04 Å². The molecule has 19 heavy (non-hydrogen) atoms. The van der Waals surface area contributed by atoms with Crippen molar-refractivity contribution in [3.63, 3.8) is 0 Å². The highest BCUT2D eigenvalue weighted by atomic mass is 32.1. The number of nitrogens with zero attached hydrogens (tertiary/aromatic N) is 1. The molecule has 5 heteroatoms. The quantitative estimate of drug-likeness (QED) is 0.851. The van der Waals surface area contributed by atoms with Crippen LogP contribution >= 0.6 is 11.3 Å². The molecule has 0 bridgehead atoms. The van der Waals surface area contributed by atoms with Crippen LogP contribution < -0.4 is 15.8 Å². The van der Waals surface area contributed by atoms with Crippen molar-refractivity contribution in [3.8, 4) is 5.88 Å². The predicted molar refractivity (Wildman–Crippen MR) is 80.9 cm³/mol. The molecule has 0 aliphatic carbocycles. The number of thiophene rings is 1. The monoisotopic (exact) mass is 277 g/mol. The van der Waals surface area contributed by atoms with Gasteiger partial charge in [0.1, 0.15) is 5.82 Å². The maximum atomic E-state index is 5.80. The van der Waals surface area contributed by atoms with Crippen molar-refractivity contribution < 1.29 is 4.74 Å². The molecule has 0 saturated heterocycles. The third kappa shape index (κ3) is 3.86. The van der Waals surface area contributed by atoms with Crippen LogP contribution in [0.1, 0.15) is 19.4 Å². The number of ether oxygens (including phenoxy) is 1. The number of anilines is 2. The number of hydrogen-bond donors (Lipinski definition) is 2. The Morgan fingerprint density at radius 2 is 2.26 bits per heavy atom. The van der Waals surface area contributed by atoms with Crippen molar-refractivity contribution in [2.45, 2.75) is 26.3 Å². The summed E-state index contributed by atoms with van der Waals surface area (Å²) in [6.07, 6.45) is 0.972. The fourth-order valence-corrected chi connectivity index (χ4v) is 2.53. The Labute approximate surface area is 117 Å². The summed E-state index contributed by atoms with van der Waals surface area (Å²) in [5, 5.41) is 7.62. The zero-order valence-corrected chi connectivity index (χ0v) is 12.0. The Kier molecular flexibility index (Phi) is 4.63. The Balaban J connectivity index is 2.00. The molecule has 2 aromatic heterocycles. The van der Waals surface area contributed by atoms with Gasteiger partial charge in [-0.15, -0.1) is 0 Å². The number of hydrogen-bond acceptors (Lipinski definition) is 5.